The molecule has 1 aliphatic rings. The summed E-state index contributed by atoms with van der Waals surface area (Å²) in [7, 11) is 0. The fourth-order valence-electron chi connectivity index (χ4n) is 2.68. The van der Waals surface area contributed by atoms with Gasteiger partial charge in [-0.1, -0.05) is 0 Å². The van der Waals surface area contributed by atoms with Gasteiger partial charge in [-0.3, -0.25) is 0 Å². The minimum absolute atomic E-state index is 0.163. The van der Waals surface area contributed by atoms with Crippen LogP contribution in [0.25, 0.3) is 10.2 Å². The van der Waals surface area contributed by atoms with E-state index in [0.29, 0.717) is 10.5 Å². The number of nitrogens with two attached hydrogens (primary N) is 2. The van der Waals surface area contributed by atoms with Crippen molar-refractivity contribution in [2.24, 2.45) is 5.73 Å². The van der Waals surface area contributed by atoms with E-state index in [1.165, 1.54) is 0 Å². The Morgan fingerprint density at radius 1 is 1.50 bits per heavy atom. The number of hydrogen-bond donors (Lipinski definition) is 3. The van der Waals surface area contributed by atoms with Crippen molar-refractivity contribution < 1.29 is 9.90 Å². The summed E-state index contributed by atoms with van der Waals surface area (Å²) in [5.41, 5.74) is 12.3. The molecule has 0 aromatic carbocycles. The summed E-state index contributed by atoms with van der Waals surface area (Å²) in [4.78, 5) is 20.0. The second kappa shape index (κ2) is 5.94. The average molecular weight is 338 g/mol. The Kier molecular flexibility index (Phi) is 4.16. The number of carboxylic acids is 1. The molecule has 5 N–H and O–H groups in total. The lowest BCUT2D eigenvalue weighted by molar-refractivity contribution is 0.0703. The van der Waals surface area contributed by atoms with Gasteiger partial charge in [0.25, 0.3) is 0 Å². The molecule has 1 fully saturated rings. The van der Waals surface area contributed by atoms with Crippen LogP contribution in [0, 0.1) is 0 Å². The van der Waals surface area contributed by atoms with Crippen molar-refractivity contribution in [1.29, 1.82) is 0 Å². The zero-order valence-corrected chi connectivity index (χ0v) is 13.8. The van der Waals surface area contributed by atoms with Gasteiger partial charge in [-0.15, -0.1) is 23.1 Å². The number of carboxylic acid groups (broad SMARTS) is 1. The summed E-state index contributed by atoms with van der Waals surface area (Å²) in [5.74, 6) is -0.125. The first-order valence-corrected chi connectivity index (χ1v) is 9.06. The highest BCUT2D eigenvalue weighted by Crippen LogP contribution is 2.40. The number of aromatic nitrogens is 1. The quantitative estimate of drug-likeness (QED) is 0.737. The van der Waals surface area contributed by atoms with Gasteiger partial charge in [0.1, 0.15) is 15.5 Å². The number of hydrogen-bond acceptors (Lipinski definition) is 7. The predicted molar refractivity (Wildman–Crippen MR) is 92.2 cm³/mol. The van der Waals surface area contributed by atoms with Gasteiger partial charge in [0.2, 0.25) is 0 Å². The zero-order valence-electron chi connectivity index (χ0n) is 12.2. The van der Waals surface area contributed by atoms with E-state index in [1.807, 2.05) is 12.3 Å². The third kappa shape index (κ3) is 2.62. The molecule has 2 aromatic rings. The van der Waals surface area contributed by atoms with Crippen LogP contribution in [0.2, 0.25) is 0 Å². The number of pyridine rings is 1. The van der Waals surface area contributed by atoms with E-state index >= 15 is 0 Å². The highest BCUT2D eigenvalue weighted by molar-refractivity contribution is 7.98. The Labute approximate surface area is 136 Å². The molecule has 0 aliphatic carbocycles. The van der Waals surface area contributed by atoms with Crippen molar-refractivity contribution in [3.63, 3.8) is 0 Å². The summed E-state index contributed by atoms with van der Waals surface area (Å²) >= 11 is 2.70. The lowest BCUT2D eigenvalue weighted by Crippen LogP contribution is -2.40. The maximum Gasteiger partial charge on any atom is 0.348 e. The number of fused-ring (bicyclic) bond motifs is 1. The number of aromatic carboxylic acids is 1. The summed E-state index contributed by atoms with van der Waals surface area (Å²) in [5, 5.41) is 10.0. The van der Waals surface area contributed by atoms with Crippen LogP contribution >= 0.6 is 23.1 Å². The van der Waals surface area contributed by atoms with Crippen LogP contribution in [-0.2, 0) is 0 Å². The van der Waals surface area contributed by atoms with Gasteiger partial charge in [-0.2, -0.15) is 0 Å². The van der Waals surface area contributed by atoms with E-state index in [9.17, 15) is 9.90 Å². The zero-order chi connectivity index (χ0) is 15.9. The number of piperidine rings is 1. The van der Waals surface area contributed by atoms with Crippen LogP contribution in [0.4, 0.5) is 11.5 Å². The molecular weight excluding hydrogens is 320 g/mol. The third-order valence-corrected chi connectivity index (χ3v) is 5.78. The first-order valence-electron chi connectivity index (χ1n) is 7.02. The molecule has 0 bridgehead atoms. The normalized spacial score (nSPS) is 16.4. The van der Waals surface area contributed by atoms with Crippen LogP contribution in [0.3, 0.4) is 0 Å². The molecule has 3 heterocycles. The van der Waals surface area contributed by atoms with Crippen molar-refractivity contribution >= 4 is 50.8 Å². The fraction of sp³-hybridized carbons (Fsp3) is 0.429. The fourth-order valence-corrected chi connectivity index (χ4v) is 4.34. The Bertz CT molecular complexity index is 723. The largest absolute Gasteiger partial charge is 0.477 e. The van der Waals surface area contributed by atoms with E-state index < -0.39 is 5.97 Å². The van der Waals surface area contributed by atoms with Gasteiger partial charge in [0, 0.05) is 29.4 Å². The molecule has 0 spiro atoms. The second-order valence-electron chi connectivity index (χ2n) is 5.34. The minimum Gasteiger partial charge on any atom is -0.477 e. The molecule has 118 valence electrons. The number of nitrogens with zero attached hydrogens (tertiary/aromatic N) is 2. The third-order valence-electron chi connectivity index (χ3n) is 3.93. The van der Waals surface area contributed by atoms with Crippen molar-refractivity contribution in [3.8, 4) is 0 Å². The Morgan fingerprint density at radius 2 is 2.18 bits per heavy atom. The van der Waals surface area contributed by atoms with Crippen molar-refractivity contribution in [2.75, 3.05) is 30.0 Å². The van der Waals surface area contributed by atoms with Crippen LogP contribution in [0.1, 0.15) is 22.5 Å². The molecule has 22 heavy (non-hydrogen) atoms. The molecule has 0 radical (unpaired) electrons. The number of nitrogen functional groups attached to an aromatic ring is 1. The van der Waals surface area contributed by atoms with E-state index in [2.05, 4.69) is 9.88 Å². The maximum atomic E-state index is 11.3. The molecule has 6 nitrogen and oxygen atoms in total. The highest BCUT2D eigenvalue weighted by atomic mass is 32.2. The number of thiophene rings is 1. The molecule has 1 aliphatic heterocycles. The molecule has 8 heteroatoms. The number of thioether (sulfide) groups is 1. The molecule has 2 aromatic heterocycles. The average Bonchev–Trinajstić information content (AvgIpc) is 2.84. The van der Waals surface area contributed by atoms with E-state index in [0.717, 1.165) is 53.4 Å². The van der Waals surface area contributed by atoms with Gasteiger partial charge >= 0.3 is 5.97 Å². The van der Waals surface area contributed by atoms with Gasteiger partial charge < -0.3 is 21.5 Å². The summed E-state index contributed by atoms with van der Waals surface area (Å²) in [6.45, 7) is 1.75. The Morgan fingerprint density at radius 3 is 2.77 bits per heavy atom. The van der Waals surface area contributed by atoms with Crippen LogP contribution in [0.15, 0.2) is 11.0 Å². The molecule has 0 unspecified atom stereocenters. The highest BCUT2D eigenvalue weighted by Gasteiger charge is 2.23. The lowest BCUT2D eigenvalue weighted by atomic mass is 10.1. The molecule has 0 saturated carbocycles. The molecule has 3 rings (SSSR count). The summed E-state index contributed by atoms with van der Waals surface area (Å²) in [6.07, 6.45) is 3.85. The van der Waals surface area contributed by atoms with E-state index in [-0.39, 0.29) is 10.9 Å². The van der Waals surface area contributed by atoms with Crippen molar-refractivity contribution in [1.82, 2.24) is 4.98 Å². The second-order valence-corrected chi connectivity index (χ2v) is 7.18. The van der Waals surface area contributed by atoms with Crippen molar-refractivity contribution in [2.45, 2.75) is 23.8 Å². The Hall–Kier alpha value is -1.51. The van der Waals surface area contributed by atoms with Gasteiger partial charge in [-0.25, -0.2) is 9.78 Å². The topological polar surface area (TPSA) is 105 Å². The van der Waals surface area contributed by atoms with E-state index in [1.54, 1.807) is 11.8 Å². The summed E-state index contributed by atoms with van der Waals surface area (Å²) in [6, 6.07) is 2.26. The van der Waals surface area contributed by atoms with E-state index in [4.69, 9.17) is 11.5 Å². The van der Waals surface area contributed by atoms with Gasteiger partial charge in [0.15, 0.2) is 0 Å². The smallest absolute Gasteiger partial charge is 0.348 e. The molecule has 0 atom stereocenters. The molecule has 1 saturated heterocycles. The first-order chi connectivity index (χ1) is 10.5. The standard InChI is InChI=1S/C14H18N4O2S2/c1-21-8-6-9(18-4-2-7(15)3-5-18)17-13-10(8)11(16)12(22-13)14(19)20/h6-7H,2-5,15-16H2,1H3,(H,19,20). The van der Waals surface area contributed by atoms with Gasteiger partial charge in [0.05, 0.1) is 5.69 Å². The SMILES string of the molecule is CSc1cc(N2CCC(N)CC2)nc2sc(C(=O)O)c(N)c12. The monoisotopic (exact) mass is 338 g/mol. The van der Waals surface area contributed by atoms with Crippen LogP contribution in [-0.4, -0.2) is 41.4 Å². The number of carbonyl (C=O) groups is 1. The number of rotatable bonds is 3. The lowest BCUT2D eigenvalue weighted by Gasteiger charge is -2.31. The Balaban J connectivity index is 2.08. The summed E-state index contributed by atoms with van der Waals surface area (Å²) < 4.78 is 0. The molecular formula is C14H18N4O2S2. The van der Waals surface area contributed by atoms with Crippen LogP contribution < -0.4 is 16.4 Å². The van der Waals surface area contributed by atoms with Crippen LogP contribution in [0.5, 0.6) is 0 Å². The van der Waals surface area contributed by atoms with Crippen molar-refractivity contribution in [3.05, 3.63) is 10.9 Å². The molecule has 0 amide bonds. The minimum atomic E-state index is -1.00. The first kappa shape index (κ1) is 15.4. The maximum absolute atomic E-state index is 11.3. The predicted octanol–water partition coefficient (Wildman–Crippen LogP) is 2.23. The van der Waals surface area contributed by atoms with Gasteiger partial charge in [-0.05, 0) is 25.2 Å². The number of anilines is 2.